The van der Waals surface area contributed by atoms with Crippen LogP contribution in [0.4, 0.5) is 11.4 Å². The normalized spacial score (nSPS) is 12.0. The maximum Gasteiger partial charge on any atom is 0.271 e. The first-order chi connectivity index (χ1) is 16.6. The van der Waals surface area contributed by atoms with Gasteiger partial charge in [-0.3, -0.25) is 24.0 Å². The minimum Gasteiger partial charge on any atom is -0.354 e. The summed E-state index contributed by atoms with van der Waals surface area (Å²) in [6.45, 7) is 3.76. The summed E-state index contributed by atoms with van der Waals surface area (Å²) in [6.07, 6.45) is 2.95. The highest BCUT2D eigenvalue weighted by Crippen LogP contribution is 2.24. The van der Waals surface area contributed by atoms with E-state index in [0.717, 1.165) is 35.0 Å². The number of nitrogens with zero attached hydrogens (tertiary/aromatic N) is 3. The number of nitro groups is 1. The second kappa shape index (κ2) is 12.8. The predicted octanol–water partition coefficient (Wildman–Crippen LogP) is 3.08. The van der Waals surface area contributed by atoms with Gasteiger partial charge in [-0.25, -0.2) is 8.42 Å². The highest BCUT2D eigenvalue weighted by molar-refractivity contribution is 7.92. The summed E-state index contributed by atoms with van der Waals surface area (Å²) in [7, 11) is -3.97. The maximum atomic E-state index is 13.5. The van der Waals surface area contributed by atoms with Crippen molar-refractivity contribution in [2.75, 3.05) is 23.7 Å². The summed E-state index contributed by atoms with van der Waals surface area (Å²) in [4.78, 5) is 38.4. The molecule has 35 heavy (non-hydrogen) atoms. The van der Waals surface area contributed by atoms with Crippen molar-refractivity contribution >= 4 is 33.2 Å². The minimum absolute atomic E-state index is 0.00448. The van der Waals surface area contributed by atoms with Gasteiger partial charge in [0.1, 0.15) is 12.6 Å². The largest absolute Gasteiger partial charge is 0.354 e. The highest BCUT2D eigenvalue weighted by Gasteiger charge is 2.32. The van der Waals surface area contributed by atoms with E-state index in [2.05, 4.69) is 5.32 Å². The number of hydrogen-bond acceptors (Lipinski definition) is 6. The molecule has 0 aromatic heterocycles. The summed E-state index contributed by atoms with van der Waals surface area (Å²) in [5, 5.41) is 14.0. The van der Waals surface area contributed by atoms with Crippen LogP contribution in [0.15, 0.2) is 54.6 Å². The van der Waals surface area contributed by atoms with Crippen molar-refractivity contribution < 1.29 is 22.9 Å². The maximum absolute atomic E-state index is 13.5. The predicted molar refractivity (Wildman–Crippen MR) is 134 cm³/mol. The summed E-state index contributed by atoms with van der Waals surface area (Å²) < 4.78 is 26.0. The van der Waals surface area contributed by atoms with Crippen LogP contribution in [-0.4, -0.2) is 55.4 Å². The molecule has 0 aliphatic heterocycles. The van der Waals surface area contributed by atoms with E-state index in [4.69, 9.17) is 0 Å². The van der Waals surface area contributed by atoms with Crippen molar-refractivity contribution in [2.45, 2.75) is 45.7 Å². The summed E-state index contributed by atoms with van der Waals surface area (Å²) in [5.41, 5.74) is 0.476. The molecule has 2 rings (SSSR count). The van der Waals surface area contributed by atoms with Gasteiger partial charge in [-0.1, -0.05) is 56.7 Å². The molecule has 0 radical (unpaired) electrons. The smallest absolute Gasteiger partial charge is 0.271 e. The zero-order valence-electron chi connectivity index (χ0n) is 20.2. The summed E-state index contributed by atoms with van der Waals surface area (Å²) >= 11 is 0. The quantitative estimate of drug-likeness (QED) is 0.253. The number of non-ortho nitro benzene ring substituents is 1. The lowest BCUT2D eigenvalue weighted by atomic mass is 10.1. The van der Waals surface area contributed by atoms with Gasteiger partial charge in [0.25, 0.3) is 5.69 Å². The molecule has 0 aliphatic rings. The first-order valence-corrected chi connectivity index (χ1v) is 13.3. The third kappa shape index (κ3) is 8.06. The van der Waals surface area contributed by atoms with E-state index in [1.807, 2.05) is 37.3 Å². The van der Waals surface area contributed by atoms with Crippen LogP contribution in [0.25, 0.3) is 0 Å². The van der Waals surface area contributed by atoms with Gasteiger partial charge in [0, 0.05) is 25.2 Å². The summed E-state index contributed by atoms with van der Waals surface area (Å²) in [6, 6.07) is 13.4. The van der Waals surface area contributed by atoms with Crippen molar-refractivity contribution in [1.82, 2.24) is 10.2 Å². The van der Waals surface area contributed by atoms with Gasteiger partial charge in [-0.2, -0.15) is 0 Å². The van der Waals surface area contributed by atoms with Gasteiger partial charge in [-0.15, -0.1) is 0 Å². The lowest BCUT2D eigenvalue weighted by Gasteiger charge is -2.32. The lowest BCUT2D eigenvalue weighted by Crippen LogP contribution is -2.52. The number of hydrogen-bond donors (Lipinski definition) is 1. The molecule has 1 N–H and O–H groups in total. The van der Waals surface area contributed by atoms with Crippen LogP contribution in [0.3, 0.4) is 0 Å². The van der Waals surface area contributed by atoms with Gasteiger partial charge in [0.05, 0.1) is 16.9 Å². The number of amides is 2. The zero-order chi connectivity index (χ0) is 26.0. The Kier molecular flexibility index (Phi) is 10.2. The van der Waals surface area contributed by atoms with E-state index in [-0.39, 0.29) is 23.8 Å². The van der Waals surface area contributed by atoms with Gasteiger partial charge in [0.15, 0.2) is 0 Å². The van der Waals surface area contributed by atoms with E-state index >= 15 is 0 Å². The molecule has 190 valence electrons. The second-order valence-electron chi connectivity index (χ2n) is 8.12. The Balaban J connectivity index is 2.41. The number of nitro benzene ring substituents is 1. The SMILES string of the molecule is CCCCNC(=O)[C@H](CC)N(Cc1ccccc1)C(=O)CN(c1cccc([N+](=O)[O-])c1)S(C)(=O)=O. The minimum atomic E-state index is -3.97. The Morgan fingerprint density at radius 3 is 2.34 bits per heavy atom. The fourth-order valence-electron chi connectivity index (χ4n) is 3.58. The molecule has 2 amide bonds. The van der Waals surface area contributed by atoms with E-state index in [0.29, 0.717) is 13.0 Å². The standard InChI is InChI=1S/C24H32N4O6S/c1-4-6-15-25-24(30)22(5-2)26(17-19-11-8-7-9-12-19)23(29)18-27(35(3,33)34)20-13-10-14-21(16-20)28(31)32/h7-14,16,22H,4-6,15,17-18H2,1-3H3,(H,25,30)/t22-/m0/s1. The van der Waals surface area contributed by atoms with Gasteiger partial charge in [-0.05, 0) is 24.5 Å². The molecule has 0 bridgehead atoms. The Bertz CT molecular complexity index is 1120. The first-order valence-electron chi connectivity index (χ1n) is 11.4. The molecule has 2 aromatic carbocycles. The Morgan fingerprint density at radius 1 is 1.09 bits per heavy atom. The van der Waals surface area contributed by atoms with E-state index < -0.39 is 33.4 Å². The monoisotopic (exact) mass is 504 g/mol. The van der Waals surface area contributed by atoms with Crippen LogP contribution < -0.4 is 9.62 Å². The molecule has 11 heteroatoms. The Labute approximate surface area is 206 Å². The Hall–Kier alpha value is -3.47. The lowest BCUT2D eigenvalue weighted by molar-refractivity contribution is -0.384. The molecule has 0 unspecified atom stereocenters. The number of carbonyl (C=O) groups is 2. The van der Waals surface area contributed by atoms with Crippen LogP contribution in [0, 0.1) is 10.1 Å². The molecule has 0 saturated heterocycles. The van der Waals surface area contributed by atoms with E-state index in [9.17, 15) is 28.1 Å². The van der Waals surface area contributed by atoms with Crippen molar-refractivity contribution in [1.29, 1.82) is 0 Å². The van der Waals surface area contributed by atoms with Gasteiger partial charge >= 0.3 is 0 Å². The molecule has 0 saturated carbocycles. The van der Waals surface area contributed by atoms with Crippen molar-refractivity contribution in [3.63, 3.8) is 0 Å². The molecule has 2 aromatic rings. The number of sulfonamides is 1. The van der Waals surface area contributed by atoms with Crippen molar-refractivity contribution in [2.24, 2.45) is 0 Å². The molecule has 10 nitrogen and oxygen atoms in total. The molecular formula is C24H32N4O6S. The molecular weight excluding hydrogens is 472 g/mol. The highest BCUT2D eigenvalue weighted by atomic mass is 32.2. The molecule has 0 spiro atoms. The van der Waals surface area contributed by atoms with Crippen molar-refractivity contribution in [3.8, 4) is 0 Å². The zero-order valence-corrected chi connectivity index (χ0v) is 21.0. The fraction of sp³-hybridized carbons (Fsp3) is 0.417. The second-order valence-corrected chi connectivity index (χ2v) is 10.0. The third-order valence-corrected chi connectivity index (χ3v) is 6.56. The first kappa shape index (κ1) is 27.8. The van der Waals surface area contributed by atoms with Crippen LogP contribution in [0.1, 0.15) is 38.7 Å². The number of benzene rings is 2. The van der Waals surface area contributed by atoms with E-state index in [1.54, 1.807) is 6.92 Å². The number of unbranched alkanes of at least 4 members (excludes halogenated alkanes) is 1. The third-order valence-electron chi connectivity index (χ3n) is 5.42. The topological polar surface area (TPSA) is 130 Å². The molecule has 0 heterocycles. The molecule has 0 aliphatic carbocycles. The van der Waals surface area contributed by atoms with Crippen molar-refractivity contribution in [3.05, 3.63) is 70.3 Å². The number of nitrogens with one attached hydrogen (secondary N) is 1. The van der Waals surface area contributed by atoms with Crippen LogP contribution in [-0.2, 0) is 26.2 Å². The molecule has 0 fully saturated rings. The van der Waals surface area contributed by atoms with Crippen LogP contribution >= 0.6 is 0 Å². The Morgan fingerprint density at radius 2 is 1.77 bits per heavy atom. The average molecular weight is 505 g/mol. The number of rotatable bonds is 13. The summed E-state index contributed by atoms with van der Waals surface area (Å²) in [5.74, 6) is -0.908. The number of carbonyl (C=O) groups excluding carboxylic acids is 2. The van der Waals surface area contributed by atoms with Crippen LogP contribution in [0.2, 0.25) is 0 Å². The average Bonchev–Trinajstić information content (AvgIpc) is 2.82. The molecule has 1 atom stereocenters. The van der Waals surface area contributed by atoms with Gasteiger partial charge < -0.3 is 10.2 Å². The van der Waals surface area contributed by atoms with Crippen LogP contribution in [0.5, 0.6) is 0 Å². The number of anilines is 1. The van der Waals surface area contributed by atoms with Gasteiger partial charge in [0.2, 0.25) is 21.8 Å². The fourth-order valence-corrected chi connectivity index (χ4v) is 4.42. The van der Waals surface area contributed by atoms with E-state index in [1.165, 1.54) is 23.1 Å².